The molecule has 1 amide bonds. The van der Waals surface area contributed by atoms with Crippen LogP contribution in [0, 0.1) is 0 Å². The molecule has 1 unspecified atom stereocenters. The van der Waals surface area contributed by atoms with Gasteiger partial charge in [0.15, 0.2) is 6.10 Å². The van der Waals surface area contributed by atoms with E-state index >= 15 is 0 Å². The molecule has 1 N–H and O–H groups in total. The molecule has 0 aromatic heterocycles. The number of carbonyl (C=O) groups is 1. The second-order valence-corrected chi connectivity index (χ2v) is 6.71. The summed E-state index contributed by atoms with van der Waals surface area (Å²) in [6, 6.07) is 13.5. The van der Waals surface area contributed by atoms with Crippen molar-refractivity contribution in [3.63, 3.8) is 0 Å². The maximum Gasteiger partial charge on any atom is 0.260 e. The van der Waals surface area contributed by atoms with E-state index in [0.717, 1.165) is 30.1 Å². The monoisotopic (exact) mass is 369 g/mol. The summed E-state index contributed by atoms with van der Waals surface area (Å²) < 4.78 is 16.5. The smallest absolute Gasteiger partial charge is 0.260 e. The lowest BCUT2D eigenvalue weighted by Crippen LogP contribution is -2.38. The Morgan fingerprint density at radius 1 is 1.00 bits per heavy atom. The second-order valence-electron chi connectivity index (χ2n) is 6.71. The topological polar surface area (TPSA) is 56.8 Å². The molecule has 0 saturated heterocycles. The number of carbonyl (C=O) groups excluding carboxylic acids is 1. The van der Waals surface area contributed by atoms with Crippen molar-refractivity contribution in [2.75, 3.05) is 20.3 Å². The molecule has 0 heterocycles. The van der Waals surface area contributed by atoms with E-state index in [1.165, 1.54) is 24.0 Å². The summed E-state index contributed by atoms with van der Waals surface area (Å²) in [6.07, 6.45) is 4.16. The minimum Gasteiger partial charge on any atom is -0.497 e. The summed E-state index contributed by atoms with van der Waals surface area (Å²) in [4.78, 5) is 12.2. The molecule has 144 valence electrons. The number of fused-ring (bicyclic) bond motifs is 1. The number of hydrogen-bond donors (Lipinski definition) is 1. The Balaban J connectivity index is 1.41. The first-order valence-corrected chi connectivity index (χ1v) is 9.49. The van der Waals surface area contributed by atoms with Crippen LogP contribution < -0.4 is 19.5 Å². The first-order chi connectivity index (χ1) is 13.2. The molecule has 0 spiro atoms. The van der Waals surface area contributed by atoms with Gasteiger partial charge in [-0.3, -0.25) is 4.79 Å². The highest BCUT2D eigenvalue weighted by Crippen LogP contribution is 2.25. The molecule has 0 bridgehead atoms. The number of benzene rings is 2. The number of methoxy groups -OCH3 is 1. The number of aryl methyl sites for hydroxylation is 2. The number of rotatable bonds is 8. The first-order valence-electron chi connectivity index (χ1n) is 9.49. The van der Waals surface area contributed by atoms with Gasteiger partial charge < -0.3 is 19.5 Å². The lowest BCUT2D eigenvalue weighted by atomic mass is 9.92. The van der Waals surface area contributed by atoms with Crippen LogP contribution in [-0.2, 0) is 17.6 Å². The van der Waals surface area contributed by atoms with Crippen molar-refractivity contribution in [3.8, 4) is 17.2 Å². The molecule has 0 aliphatic heterocycles. The van der Waals surface area contributed by atoms with Crippen LogP contribution >= 0.6 is 0 Å². The van der Waals surface area contributed by atoms with Gasteiger partial charge in [-0.1, -0.05) is 6.07 Å². The van der Waals surface area contributed by atoms with E-state index in [1.807, 2.05) is 30.3 Å². The third kappa shape index (κ3) is 5.39. The molecule has 0 radical (unpaired) electrons. The van der Waals surface area contributed by atoms with E-state index in [2.05, 4.69) is 17.4 Å². The normalized spacial score (nSPS) is 14.0. The summed E-state index contributed by atoms with van der Waals surface area (Å²) in [5.74, 6) is 2.13. The minimum absolute atomic E-state index is 0.147. The average Bonchev–Trinajstić information content (AvgIpc) is 2.71. The third-order valence-corrected chi connectivity index (χ3v) is 4.73. The second kappa shape index (κ2) is 9.31. The minimum atomic E-state index is -0.548. The lowest BCUT2D eigenvalue weighted by molar-refractivity contribution is -0.127. The predicted octanol–water partition coefficient (Wildman–Crippen LogP) is 3.54. The molecule has 0 saturated carbocycles. The van der Waals surface area contributed by atoms with Crippen molar-refractivity contribution in [1.82, 2.24) is 5.32 Å². The molecule has 3 rings (SSSR count). The van der Waals surface area contributed by atoms with E-state index in [4.69, 9.17) is 14.2 Å². The van der Waals surface area contributed by atoms with Gasteiger partial charge in [-0.15, -0.1) is 0 Å². The number of hydrogen-bond acceptors (Lipinski definition) is 4. The Bertz CT molecular complexity index is 757. The van der Waals surface area contributed by atoms with E-state index in [1.54, 1.807) is 14.0 Å². The highest BCUT2D eigenvalue weighted by atomic mass is 16.5. The quantitative estimate of drug-likeness (QED) is 0.723. The number of ether oxygens (including phenoxy) is 3. The van der Waals surface area contributed by atoms with Gasteiger partial charge in [0.2, 0.25) is 0 Å². The standard InChI is InChI=1S/C22H27NO4/c1-16(27-21-8-7-17-5-3-4-6-18(17)15-21)22(24)23-13-14-26-20-11-9-19(25-2)10-12-20/h7-12,15-16H,3-6,13-14H2,1-2H3,(H,23,24). The summed E-state index contributed by atoms with van der Waals surface area (Å²) >= 11 is 0. The Labute approximate surface area is 160 Å². The maximum absolute atomic E-state index is 12.2. The van der Waals surface area contributed by atoms with Crippen molar-refractivity contribution < 1.29 is 19.0 Å². The number of nitrogens with one attached hydrogen (secondary N) is 1. The Kier molecular flexibility index (Phi) is 6.58. The average molecular weight is 369 g/mol. The highest BCUT2D eigenvalue weighted by molar-refractivity contribution is 5.80. The third-order valence-electron chi connectivity index (χ3n) is 4.73. The molecule has 27 heavy (non-hydrogen) atoms. The van der Waals surface area contributed by atoms with E-state index in [0.29, 0.717) is 13.2 Å². The van der Waals surface area contributed by atoms with Crippen LogP contribution in [0.1, 0.15) is 30.9 Å². The zero-order valence-corrected chi connectivity index (χ0v) is 16.0. The highest BCUT2D eigenvalue weighted by Gasteiger charge is 2.16. The van der Waals surface area contributed by atoms with Crippen molar-refractivity contribution in [2.24, 2.45) is 0 Å². The molecule has 0 fully saturated rings. The van der Waals surface area contributed by atoms with Crippen LogP contribution in [-0.4, -0.2) is 32.3 Å². The van der Waals surface area contributed by atoms with Gasteiger partial charge in [-0.2, -0.15) is 0 Å². The van der Waals surface area contributed by atoms with Gasteiger partial charge in [0, 0.05) is 0 Å². The van der Waals surface area contributed by atoms with Gasteiger partial charge >= 0.3 is 0 Å². The fourth-order valence-electron chi connectivity index (χ4n) is 3.20. The largest absolute Gasteiger partial charge is 0.497 e. The van der Waals surface area contributed by atoms with Gasteiger partial charge in [0.1, 0.15) is 23.9 Å². The molecular weight excluding hydrogens is 342 g/mol. The van der Waals surface area contributed by atoms with Crippen molar-refractivity contribution >= 4 is 5.91 Å². The molecule has 1 aliphatic carbocycles. The molecule has 2 aromatic carbocycles. The van der Waals surface area contributed by atoms with Crippen LogP contribution in [0.2, 0.25) is 0 Å². The van der Waals surface area contributed by atoms with Crippen LogP contribution in [0.15, 0.2) is 42.5 Å². The zero-order valence-electron chi connectivity index (χ0n) is 16.0. The van der Waals surface area contributed by atoms with E-state index < -0.39 is 6.10 Å². The molecule has 2 aromatic rings. The maximum atomic E-state index is 12.2. The van der Waals surface area contributed by atoms with Crippen LogP contribution in [0.25, 0.3) is 0 Å². The fraction of sp³-hybridized carbons (Fsp3) is 0.409. The number of amides is 1. The van der Waals surface area contributed by atoms with Crippen molar-refractivity contribution in [2.45, 2.75) is 38.7 Å². The van der Waals surface area contributed by atoms with Gasteiger partial charge in [0.05, 0.1) is 13.7 Å². The van der Waals surface area contributed by atoms with Gasteiger partial charge in [-0.05, 0) is 80.1 Å². The SMILES string of the molecule is COc1ccc(OCCNC(=O)C(C)Oc2ccc3c(c2)CCCC3)cc1. The zero-order chi connectivity index (χ0) is 19.1. The molecule has 1 aliphatic rings. The van der Waals surface area contributed by atoms with Gasteiger partial charge in [0.25, 0.3) is 5.91 Å². The van der Waals surface area contributed by atoms with Crippen LogP contribution in [0.5, 0.6) is 17.2 Å². The summed E-state index contributed by atoms with van der Waals surface area (Å²) in [5, 5.41) is 2.84. The summed E-state index contributed by atoms with van der Waals surface area (Å²) in [5.41, 5.74) is 2.75. The lowest BCUT2D eigenvalue weighted by Gasteiger charge is -2.19. The van der Waals surface area contributed by atoms with Crippen molar-refractivity contribution in [3.05, 3.63) is 53.6 Å². The van der Waals surface area contributed by atoms with Crippen LogP contribution in [0.3, 0.4) is 0 Å². The van der Waals surface area contributed by atoms with Crippen LogP contribution in [0.4, 0.5) is 0 Å². The summed E-state index contributed by atoms with van der Waals surface area (Å²) in [6.45, 7) is 2.57. The fourth-order valence-corrected chi connectivity index (χ4v) is 3.20. The van der Waals surface area contributed by atoms with E-state index in [9.17, 15) is 4.79 Å². The Morgan fingerprint density at radius 3 is 2.41 bits per heavy atom. The molecule has 5 nitrogen and oxygen atoms in total. The predicted molar refractivity (Wildman–Crippen MR) is 105 cm³/mol. The molecular formula is C22H27NO4. The molecule has 1 atom stereocenters. The first kappa shape index (κ1) is 19.1. The van der Waals surface area contributed by atoms with Gasteiger partial charge in [-0.25, -0.2) is 0 Å². The molecule has 5 heteroatoms. The van der Waals surface area contributed by atoms with E-state index in [-0.39, 0.29) is 5.91 Å². The summed E-state index contributed by atoms with van der Waals surface area (Å²) in [7, 11) is 1.62. The Morgan fingerprint density at radius 2 is 1.67 bits per heavy atom. The Hall–Kier alpha value is -2.69. The van der Waals surface area contributed by atoms with Crippen molar-refractivity contribution in [1.29, 1.82) is 0 Å².